The fourth-order valence-electron chi connectivity index (χ4n) is 3.27. The fraction of sp³-hybridized carbons (Fsp3) is 0.208. The number of hydrogen-bond donors (Lipinski definition) is 1. The SMILES string of the molecule is CC(Sc1nnc(Cc2cccs2)n1CCc1ccccc1)C(=O)Nc1c(F)cccc1F. The van der Waals surface area contributed by atoms with Gasteiger partial charge in [0.15, 0.2) is 5.16 Å². The fourth-order valence-corrected chi connectivity index (χ4v) is 4.87. The zero-order valence-electron chi connectivity index (χ0n) is 17.9. The van der Waals surface area contributed by atoms with Gasteiger partial charge in [-0.1, -0.05) is 54.2 Å². The summed E-state index contributed by atoms with van der Waals surface area (Å²) in [5.41, 5.74) is 0.740. The Labute approximate surface area is 198 Å². The Morgan fingerprint density at radius 3 is 2.52 bits per heavy atom. The van der Waals surface area contributed by atoms with E-state index in [1.54, 1.807) is 18.3 Å². The third-order valence-corrected chi connectivity index (χ3v) is 6.99. The molecule has 2 aromatic carbocycles. The number of nitrogens with one attached hydrogen (secondary N) is 1. The molecule has 0 radical (unpaired) electrons. The van der Waals surface area contributed by atoms with E-state index < -0.39 is 28.5 Å². The molecule has 0 saturated heterocycles. The van der Waals surface area contributed by atoms with Crippen LogP contribution in [0.2, 0.25) is 0 Å². The van der Waals surface area contributed by atoms with E-state index in [0.29, 0.717) is 18.1 Å². The van der Waals surface area contributed by atoms with E-state index in [9.17, 15) is 13.6 Å². The second-order valence-corrected chi connectivity index (χ2v) is 9.73. The van der Waals surface area contributed by atoms with Crippen LogP contribution in [0.15, 0.2) is 71.2 Å². The first-order valence-corrected chi connectivity index (χ1v) is 12.2. The number of aryl methyl sites for hydroxylation is 1. The van der Waals surface area contributed by atoms with Crippen molar-refractivity contribution in [3.63, 3.8) is 0 Å². The zero-order chi connectivity index (χ0) is 23.2. The summed E-state index contributed by atoms with van der Waals surface area (Å²) in [5.74, 6) is -1.33. The van der Waals surface area contributed by atoms with Crippen LogP contribution in [0.4, 0.5) is 14.5 Å². The van der Waals surface area contributed by atoms with Crippen molar-refractivity contribution in [2.75, 3.05) is 5.32 Å². The maximum absolute atomic E-state index is 13.9. The van der Waals surface area contributed by atoms with Gasteiger partial charge in [0, 0.05) is 17.8 Å². The van der Waals surface area contributed by atoms with Crippen LogP contribution in [0.3, 0.4) is 0 Å². The molecule has 0 aliphatic rings. The average molecular weight is 485 g/mol. The summed E-state index contributed by atoms with van der Waals surface area (Å²) in [6.07, 6.45) is 1.42. The molecule has 0 fully saturated rings. The van der Waals surface area contributed by atoms with Crippen LogP contribution in [-0.4, -0.2) is 25.9 Å². The molecule has 0 saturated carbocycles. The van der Waals surface area contributed by atoms with E-state index in [-0.39, 0.29) is 0 Å². The van der Waals surface area contributed by atoms with Crippen molar-refractivity contribution in [1.82, 2.24) is 14.8 Å². The van der Waals surface area contributed by atoms with Gasteiger partial charge in [-0.2, -0.15) is 0 Å². The molecule has 1 amide bonds. The summed E-state index contributed by atoms with van der Waals surface area (Å²) in [7, 11) is 0. The highest BCUT2D eigenvalue weighted by Gasteiger charge is 2.22. The van der Waals surface area contributed by atoms with E-state index in [2.05, 4.69) is 27.6 Å². The van der Waals surface area contributed by atoms with Crippen LogP contribution in [0.5, 0.6) is 0 Å². The Hall–Kier alpha value is -3.04. The Kier molecular flexibility index (Phi) is 7.51. The number of benzene rings is 2. The lowest BCUT2D eigenvalue weighted by Gasteiger charge is -2.14. The number of rotatable bonds is 9. The number of thiophene rings is 1. The van der Waals surface area contributed by atoms with Crippen molar-refractivity contribution >= 4 is 34.7 Å². The molecular weight excluding hydrogens is 462 g/mol. The molecule has 2 heterocycles. The van der Waals surface area contributed by atoms with Crippen molar-refractivity contribution in [2.45, 2.75) is 36.7 Å². The minimum atomic E-state index is -0.815. The highest BCUT2D eigenvalue weighted by atomic mass is 32.2. The van der Waals surface area contributed by atoms with Crippen molar-refractivity contribution in [2.24, 2.45) is 0 Å². The number of anilines is 1. The summed E-state index contributed by atoms with van der Waals surface area (Å²) in [5, 5.41) is 13.0. The standard InChI is InChI=1S/C24H22F2N4OS2/c1-16(23(31)27-22-19(25)10-5-11-20(22)26)33-24-29-28-21(15-18-9-6-14-32-18)30(24)13-12-17-7-3-2-4-8-17/h2-11,14,16H,12-13,15H2,1H3,(H,27,31). The number of hydrogen-bond acceptors (Lipinski definition) is 5. The first-order chi connectivity index (χ1) is 16.0. The van der Waals surface area contributed by atoms with Gasteiger partial charge in [-0.05, 0) is 42.5 Å². The molecule has 5 nitrogen and oxygen atoms in total. The van der Waals surface area contributed by atoms with Crippen LogP contribution in [0.25, 0.3) is 0 Å². The number of aromatic nitrogens is 3. The van der Waals surface area contributed by atoms with Gasteiger partial charge in [-0.25, -0.2) is 8.78 Å². The highest BCUT2D eigenvalue weighted by molar-refractivity contribution is 8.00. The average Bonchev–Trinajstić information content (AvgIpc) is 3.46. The topological polar surface area (TPSA) is 59.8 Å². The van der Waals surface area contributed by atoms with Gasteiger partial charge in [0.25, 0.3) is 0 Å². The number of carbonyl (C=O) groups excluding carboxylic acids is 1. The lowest BCUT2D eigenvalue weighted by molar-refractivity contribution is -0.115. The number of carbonyl (C=O) groups is 1. The first kappa shape index (κ1) is 23.1. The van der Waals surface area contributed by atoms with Gasteiger partial charge in [0.05, 0.1) is 5.25 Å². The Bertz CT molecular complexity index is 1190. The van der Waals surface area contributed by atoms with Crippen LogP contribution in [0, 0.1) is 11.6 Å². The normalized spacial score (nSPS) is 12.0. The lowest BCUT2D eigenvalue weighted by Crippen LogP contribution is -2.24. The summed E-state index contributed by atoms with van der Waals surface area (Å²) in [4.78, 5) is 13.8. The Morgan fingerprint density at radius 1 is 1.06 bits per heavy atom. The first-order valence-electron chi connectivity index (χ1n) is 10.4. The van der Waals surface area contributed by atoms with E-state index in [1.165, 1.54) is 28.3 Å². The van der Waals surface area contributed by atoms with E-state index in [4.69, 9.17) is 0 Å². The maximum Gasteiger partial charge on any atom is 0.237 e. The quantitative estimate of drug-likeness (QED) is 0.316. The van der Waals surface area contributed by atoms with Crippen LogP contribution < -0.4 is 5.32 Å². The summed E-state index contributed by atoms with van der Waals surface area (Å²) >= 11 is 2.86. The third-order valence-electron chi connectivity index (χ3n) is 5.04. The van der Waals surface area contributed by atoms with E-state index >= 15 is 0 Å². The van der Waals surface area contributed by atoms with Crippen molar-refractivity contribution < 1.29 is 13.6 Å². The molecule has 170 valence electrons. The lowest BCUT2D eigenvalue weighted by atomic mass is 10.1. The molecule has 1 atom stereocenters. The molecule has 9 heteroatoms. The van der Waals surface area contributed by atoms with Crippen molar-refractivity contribution in [3.05, 3.63) is 93.9 Å². The summed E-state index contributed by atoms with van der Waals surface area (Å²) < 4.78 is 29.9. The summed E-state index contributed by atoms with van der Waals surface area (Å²) in [6, 6.07) is 17.6. The van der Waals surface area contributed by atoms with Crippen molar-refractivity contribution in [1.29, 1.82) is 0 Å². The predicted molar refractivity (Wildman–Crippen MR) is 128 cm³/mol. The minimum Gasteiger partial charge on any atom is -0.320 e. The predicted octanol–water partition coefficient (Wildman–Crippen LogP) is 5.57. The molecule has 2 aromatic heterocycles. The largest absolute Gasteiger partial charge is 0.320 e. The number of thioether (sulfide) groups is 1. The highest BCUT2D eigenvalue weighted by Crippen LogP contribution is 2.26. The van der Waals surface area contributed by atoms with Gasteiger partial charge in [-0.15, -0.1) is 21.5 Å². The molecule has 1 unspecified atom stereocenters. The maximum atomic E-state index is 13.9. The third kappa shape index (κ3) is 5.85. The second-order valence-electron chi connectivity index (χ2n) is 7.39. The molecular formula is C24H22F2N4OS2. The molecule has 1 N–H and O–H groups in total. The summed E-state index contributed by atoms with van der Waals surface area (Å²) in [6.45, 7) is 2.32. The molecule has 0 bridgehead atoms. The molecule has 33 heavy (non-hydrogen) atoms. The monoisotopic (exact) mass is 484 g/mol. The molecule has 4 aromatic rings. The molecule has 0 aliphatic carbocycles. The minimum absolute atomic E-state index is 0.445. The number of nitrogens with zero attached hydrogens (tertiary/aromatic N) is 3. The van der Waals surface area contributed by atoms with Gasteiger partial charge in [0.1, 0.15) is 23.1 Å². The van der Waals surface area contributed by atoms with Crippen molar-refractivity contribution in [3.8, 4) is 0 Å². The van der Waals surface area contributed by atoms with E-state index in [0.717, 1.165) is 24.4 Å². The van der Waals surface area contributed by atoms with Crippen LogP contribution >= 0.6 is 23.1 Å². The number of para-hydroxylation sites is 1. The van der Waals surface area contributed by atoms with E-state index in [1.807, 2.05) is 40.3 Å². The zero-order valence-corrected chi connectivity index (χ0v) is 19.5. The van der Waals surface area contributed by atoms with Gasteiger partial charge in [-0.3, -0.25) is 4.79 Å². The number of amides is 1. The Balaban J connectivity index is 1.51. The smallest absolute Gasteiger partial charge is 0.237 e. The van der Waals surface area contributed by atoms with Gasteiger partial charge < -0.3 is 9.88 Å². The molecule has 0 spiro atoms. The molecule has 4 rings (SSSR count). The number of halogens is 2. The molecule has 0 aliphatic heterocycles. The second kappa shape index (κ2) is 10.7. The van der Waals surface area contributed by atoms with Crippen LogP contribution in [0.1, 0.15) is 23.2 Å². The Morgan fingerprint density at radius 2 is 1.82 bits per heavy atom. The van der Waals surface area contributed by atoms with Crippen LogP contribution in [-0.2, 0) is 24.2 Å². The van der Waals surface area contributed by atoms with Gasteiger partial charge >= 0.3 is 0 Å². The van der Waals surface area contributed by atoms with Gasteiger partial charge in [0.2, 0.25) is 5.91 Å².